The van der Waals surface area contributed by atoms with Gasteiger partial charge in [0.2, 0.25) is 0 Å². The van der Waals surface area contributed by atoms with Crippen LogP contribution in [0.5, 0.6) is 11.5 Å². The van der Waals surface area contributed by atoms with Gasteiger partial charge in [-0.05, 0) is 18.6 Å². The van der Waals surface area contributed by atoms with E-state index in [0.717, 1.165) is 17.0 Å². The fourth-order valence-corrected chi connectivity index (χ4v) is 2.47. The van der Waals surface area contributed by atoms with Gasteiger partial charge in [-0.15, -0.1) is 0 Å². The summed E-state index contributed by atoms with van der Waals surface area (Å²) in [5, 5.41) is 9.17. The second-order valence-corrected chi connectivity index (χ2v) is 4.42. The van der Waals surface area contributed by atoms with Gasteiger partial charge in [0.1, 0.15) is 11.5 Å². The van der Waals surface area contributed by atoms with Crippen molar-refractivity contribution in [3.8, 4) is 11.5 Å². The van der Waals surface area contributed by atoms with E-state index in [-0.39, 0.29) is 0 Å². The van der Waals surface area contributed by atoms with Gasteiger partial charge in [-0.25, -0.2) is 0 Å². The van der Waals surface area contributed by atoms with Crippen LogP contribution in [0.1, 0.15) is 5.56 Å². The number of hydrogen-bond donors (Lipinski definition) is 1. The molecule has 0 bridgehead atoms. The Kier molecular flexibility index (Phi) is 3.32. The average Bonchev–Trinajstić information content (AvgIpc) is 2.37. The quantitative estimate of drug-likeness (QED) is 0.880. The van der Waals surface area contributed by atoms with Crippen LogP contribution < -0.4 is 14.4 Å². The summed E-state index contributed by atoms with van der Waals surface area (Å²) in [6.45, 7) is 0.478. The van der Waals surface area contributed by atoms with E-state index in [9.17, 15) is 9.90 Å². The molecule has 18 heavy (non-hydrogen) atoms. The van der Waals surface area contributed by atoms with Crippen molar-refractivity contribution in [3.05, 3.63) is 17.7 Å². The molecule has 1 heterocycles. The third kappa shape index (κ3) is 1.96. The SMILES string of the molecule is COc1ccc(OC)c2c1CC(C(=O)O)CN2C. The highest BCUT2D eigenvalue weighted by atomic mass is 16.5. The Balaban J connectivity index is 2.52. The molecule has 1 aliphatic rings. The van der Waals surface area contributed by atoms with Crippen LogP contribution in [-0.2, 0) is 11.2 Å². The number of carboxylic acid groups (broad SMARTS) is 1. The van der Waals surface area contributed by atoms with Gasteiger partial charge in [0.15, 0.2) is 0 Å². The standard InChI is InChI=1S/C13H17NO4/c1-14-7-8(13(15)16)6-9-10(17-2)4-5-11(18-3)12(9)14/h4-5,8H,6-7H2,1-3H3,(H,15,16). The lowest BCUT2D eigenvalue weighted by Gasteiger charge is -2.33. The molecule has 0 aliphatic carbocycles. The molecule has 1 atom stereocenters. The summed E-state index contributed by atoms with van der Waals surface area (Å²) >= 11 is 0. The Morgan fingerprint density at radius 3 is 2.50 bits per heavy atom. The molecule has 1 N–H and O–H groups in total. The van der Waals surface area contributed by atoms with Crippen molar-refractivity contribution in [1.82, 2.24) is 0 Å². The summed E-state index contributed by atoms with van der Waals surface area (Å²) in [5.41, 5.74) is 1.83. The highest BCUT2D eigenvalue weighted by Gasteiger charge is 2.31. The molecule has 0 spiro atoms. The molecule has 0 amide bonds. The third-order valence-electron chi connectivity index (χ3n) is 3.32. The van der Waals surface area contributed by atoms with Crippen molar-refractivity contribution in [2.24, 2.45) is 5.92 Å². The first-order valence-corrected chi connectivity index (χ1v) is 5.76. The largest absolute Gasteiger partial charge is 0.496 e. The molecule has 0 radical (unpaired) electrons. The van der Waals surface area contributed by atoms with Crippen molar-refractivity contribution in [2.75, 3.05) is 32.7 Å². The number of ether oxygens (including phenoxy) is 2. The Labute approximate surface area is 106 Å². The molecule has 1 aromatic rings. The Hall–Kier alpha value is -1.91. The van der Waals surface area contributed by atoms with Gasteiger partial charge in [0.25, 0.3) is 0 Å². The van der Waals surface area contributed by atoms with E-state index in [1.165, 1.54) is 0 Å². The molecule has 0 saturated carbocycles. The van der Waals surface area contributed by atoms with Gasteiger partial charge >= 0.3 is 5.97 Å². The average molecular weight is 251 g/mol. The number of methoxy groups -OCH3 is 2. The van der Waals surface area contributed by atoms with Crippen LogP contribution in [0.25, 0.3) is 0 Å². The van der Waals surface area contributed by atoms with Crippen LogP contribution in [0.3, 0.4) is 0 Å². The number of carbonyl (C=O) groups is 1. The molecule has 98 valence electrons. The Morgan fingerprint density at radius 2 is 1.94 bits per heavy atom. The zero-order valence-corrected chi connectivity index (χ0v) is 10.8. The van der Waals surface area contributed by atoms with Crippen molar-refractivity contribution < 1.29 is 19.4 Å². The highest BCUT2D eigenvalue weighted by molar-refractivity contribution is 5.77. The van der Waals surface area contributed by atoms with Gasteiger partial charge in [0.05, 0.1) is 25.8 Å². The van der Waals surface area contributed by atoms with E-state index < -0.39 is 11.9 Å². The summed E-state index contributed by atoms with van der Waals surface area (Å²) in [4.78, 5) is 13.1. The summed E-state index contributed by atoms with van der Waals surface area (Å²) in [7, 11) is 5.07. The molecule has 1 aromatic carbocycles. The number of nitrogens with zero attached hydrogens (tertiary/aromatic N) is 1. The van der Waals surface area contributed by atoms with Gasteiger partial charge in [0, 0.05) is 19.2 Å². The molecule has 1 aliphatic heterocycles. The normalized spacial score (nSPS) is 18.2. The van der Waals surface area contributed by atoms with Crippen LogP contribution in [0.15, 0.2) is 12.1 Å². The molecule has 5 heteroatoms. The maximum atomic E-state index is 11.2. The van der Waals surface area contributed by atoms with Crippen LogP contribution in [0.4, 0.5) is 5.69 Å². The maximum absolute atomic E-state index is 11.2. The second kappa shape index (κ2) is 4.76. The van der Waals surface area contributed by atoms with Crippen molar-refractivity contribution in [1.29, 1.82) is 0 Å². The van der Waals surface area contributed by atoms with Crippen LogP contribution in [0, 0.1) is 5.92 Å². The Bertz CT molecular complexity index is 472. The predicted molar refractivity (Wildman–Crippen MR) is 67.6 cm³/mol. The number of rotatable bonds is 3. The van der Waals surface area contributed by atoms with E-state index >= 15 is 0 Å². The number of carboxylic acids is 1. The van der Waals surface area contributed by atoms with Crippen molar-refractivity contribution in [2.45, 2.75) is 6.42 Å². The lowest BCUT2D eigenvalue weighted by molar-refractivity contribution is -0.141. The fourth-order valence-electron chi connectivity index (χ4n) is 2.47. The zero-order chi connectivity index (χ0) is 13.3. The lowest BCUT2D eigenvalue weighted by Crippen LogP contribution is -2.36. The Morgan fingerprint density at radius 1 is 1.33 bits per heavy atom. The maximum Gasteiger partial charge on any atom is 0.308 e. The third-order valence-corrected chi connectivity index (χ3v) is 3.32. The summed E-state index contributed by atoms with van der Waals surface area (Å²) in [6.07, 6.45) is 0.468. The molecule has 1 unspecified atom stereocenters. The fraction of sp³-hybridized carbons (Fsp3) is 0.462. The first-order chi connectivity index (χ1) is 8.58. The van der Waals surface area contributed by atoms with Gasteiger partial charge < -0.3 is 19.5 Å². The van der Waals surface area contributed by atoms with Crippen molar-refractivity contribution >= 4 is 11.7 Å². The first kappa shape index (κ1) is 12.5. The second-order valence-electron chi connectivity index (χ2n) is 4.42. The van der Waals surface area contributed by atoms with Gasteiger partial charge in [-0.2, -0.15) is 0 Å². The number of aliphatic carboxylic acids is 1. The first-order valence-electron chi connectivity index (χ1n) is 5.76. The van der Waals surface area contributed by atoms with E-state index in [1.807, 2.05) is 24.1 Å². The minimum atomic E-state index is -0.780. The molecule has 0 aromatic heterocycles. The molecule has 0 fully saturated rings. The van der Waals surface area contributed by atoms with E-state index in [1.54, 1.807) is 14.2 Å². The number of hydrogen-bond acceptors (Lipinski definition) is 4. The van der Waals surface area contributed by atoms with Crippen LogP contribution in [-0.4, -0.2) is 38.9 Å². The van der Waals surface area contributed by atoms with Crippen LogP contribution >= 0.6 is 0 Å². The summed E-state index contributed by atoms with van der Waals surface area (Å²) in [5.74, 6) is 0.265. The summed E-state index contributed by atoms with van der Waals surface area (Å²) < 4.78 is 10.6. The van der Waals surface area contributed by atoms with E-state index in [4.69, 9.17) is 9.47 Å². The monoisotopic (exact) mass is 251 g/mol. The highest BCUT2D eigenvalue weighted by Crippen LogP contribution is 2.42. The molecular weight excluding hydrogens is 234 g/mol. The van der Waals surface area contributed by atoms with E-state index in [0.29, 0.717) is 18.7 Å². The number of fused-ring (bicyclic) bond motifs is 1. The minimum absolute atomic E-state index is 0.413. The molecule has 5 nitrogen and oxygen atoms in total. The van der Waals surface area contributed by atoms with Crippen molar-refractivity contribution in [3.63, 3.8) is 0 Å². The number of anilines is 1. The molecule has 2 rings (SSSR count). The topological polar surface area (TPSA) is 59.0 Å². The van der Waals surface area contributed by atoms with Crippen LogP contribution in [0.2, 0.25) is 0 Å². The predicted octanol–water partition coefficient (Wildman–Crippen LogP) is 1.40. The molecular formula is C13H17NO4. The number of benzene rings is 1. The van der Waals surface area contributed by atoms with Gasteiger partial charge in [-0.3, -0.25) is 4.79 Å². The smallest absolute Gasteiger partial charge is 0.308 e. The minimum Gasteiger partial charge on any atom is -0.496 e. The summed E-state index contributed by atoms with van der Waals surface area (Å²) in [6, 6.07) is 3.66. The zero-order valence-electron chi connectivity index (χ0n) is 10.8. The lowest BCUT2D eigenvalue weighted by atomic mass is 9.91. The van der Waals surface area contributed by atoms with Gasteiger partial charge in [-0.1, -0.05) is 0 Å². The molecule has 0 saturated heterocycles. The van der Waals surface area contributed by atoms with E-state index in [2.05, 4.69) is 0 Å².